The predicted octanol–water partition coefficient (Wildman–Crippen LogP) is 2.51. The Hall–Kier alpha value is -1.70. The van der Waals surface area contributed by atoms with Crippen LogP contribution < -0.4 is 0 Å². The molecule has 2 aromatic heterocycles. The van der Waals surface area contributed by atoms with E-state index in [-0.39, 0.29) is 11.9 Å². The molecule has 1 fully saturated rings. The second kappa shape index (κ2) is 8.33. The standard InChI is InChI=1S/C19H25N3O3S/c23-19(8-18-2-1-7-26-18)21-10-16-9-20-14-22(16)17(11-21)13-25-12-15-3-5-24-6-4-15/h1-2,7,9,14-15,17H,3-6,8,10-13H2. The number of aromatic nitrogens is 2. The average molecular weight is 375 g/mol. The van der Waals surface area contributed by atoms with E-state index >= 15 is 0 Å². The Morgan fingerprint density at radius 1 is 1.35 bits per heavy atom. The summed E-state index contributed by atoms with van der Waals surface area (Å²) < 4.78 is 13.6. The van der Waals surface area contributed by atoms with Gasteiger partial charge in [0, 0.05) is 37.4 Å². The molecule has 0 bridgehead atoms. The first-order valence-corrected chi connectivity index (χ1v) is 10.1. The van der Waals surface area contributed by atoms with E-state index in [1.165, 1.54) is 0 Å². The van der Waals surface area contributed by atoms with Gasteiger partial charge in [0.1, 0.15) is 0 Å². The zero-order valence-electron chi connectivity index (χ0n) is 14.9. The molecular formula is C19H25N3O3S. The number of fused-ring (bicyclic) bond motifs is 1. The Bertz CT molecular complexity index is 709. The number of hydrogen-bond acceptors (Lipinski definition) is 5. The number of amides is 1. The van der Waals surface area contributed by atoms with Crippen molar-refractivity contribution in [2.75, 3.05) is 33.0 Å². The van der Waals surface area contributed by atoms with Crippen LogP contribution >= 0.6 is 11.3 Å². The van der Waals surface area contributed by atoms with Crippen molar-refractivity contribution in [1.29, 1.82) is 0 Å². The summed E-state index contributed by atoms with van der Waals surface area (Å²) >= 11 is 1.63. The van der Waals surface area contributed by atoms with Gasteiger partial charge >= 0.3 is 0 Å². The van der Waals surface area contributed by atoms with E-state index in [1.807, 2.05) is 34.9 Å². The summed E-state index contributed by atoms with van der Waals surface area (Å²) in [4.78, 5) is 20.0. The highest BCUT2D eigenvalue weighted by atomic mass is 32.1. The highest BCUT2D eigenvalue weighted by Crippen LogP contribution is 2.23. The van der Waals surface area contributed by atoms with Gasteiger partial charge in [0.2, 0.25) is 5.91 Å². The number of ether oxygens (including phenoxy) is 2. The molecule has 0 saturated carbocycles. The third-order valence-corrected chi connectivity index (χ3v) is 6.06. The van der Waals surface area contributed by atoms with Gasteiger partial charge in [-0.2, -0.15) is 0 Å². The summed E-state index contributed by atoms with van der Waals surface area (Å²) in [6.45, 7) is 4.38. The van der Waals surface area contributed by atoms with Crippen molar-refractivity contribution in [3.63, 3.8) is 0 Å². The third-order valence-electron chi connectivity index (χ3n) is 5.19. The summed E-state index contributed by atoms with van der Waals surface area (Å²) in [5, 5.41) is 2.01. The third kappa shape index (κ3) is 4.16. The maximum atomic E-state index is 12.7. The van der Waals surface area contributed by atoms with E-state index in [0.29, 0.717) is 32.0 Å². The summed E-state index contributed by atoms with van der Waals surface area (Å²) in [6, 6.07) is 4.14. The fourth-order valence-electron chi connectivity index (χ4n) is 3.67. The minimum absolute atomic E-state index is 0.133. The smallest absolute Gasteiger partial charge is 0.228 e. The second-order valence-electron chi connectivity index (χ2n) is 7.07. The molecule has 1 amide bonds. The lowest BCUT2D eigenvalue weighted by molar-refractivity contribution is -0.132. The Labute approximate surface area is 157 Å². The van der Waals surface area contributed by atoms with Crippen molar-refractivity contribution in [2.45, 2.75) is 31.8 Å². The quantitative estimate of drug-likeness (QED) is 0.778. The Morgan fingerprint density at radius 3 is 3.04 bits per heavy atom. The van der Waals surface area contributed by atoms with Gasteiger partial charge < -0.3 is 18.9 Å². The van der Waals surface area contributed by atoms with Crippen molar-refractivity contribution in [2.24, 2.45) is 5.92 Å². The molecule has 0 radical (unpaired) electrons. The van der Waals surface area contributed by atoms with Crippen molar-refractivity contribution in [3.8, 4) is 0 Å². The zero-order valence-corrected chi connectivity index (χ0v) is 15.7. The lowest BCUT2D eigenvalue weighted by atomic mass is 10.0. The molecule has 2 aromatic rings. The van der Waals surface area contributed by atoms with Gasteiger partial charge in [0.25, 0.3) is 0 Å². The first-order valence-electron chi connectivity index (χ1n) is 9.26. The monoisotopic (exact) mass is 375 g/mol. The van der Waals surface area contributed by atoms with E-state index in [9.17, 15) is 4.79 Å². The van der Waals surface area contributed by atoms with Gasteiger partial charge in [0.05, 0.1) is 37.6 Å². The molecule has 1 atom stereocenters. The summed E-state index contributed by atoms with van der Waals surface area (Å²) in [5.74, 6) is 0.764. The van der Waals surface area contributed by atoms with Crippen LogP contribution in [0.25, 0.3) is 0 Å². The lowest BCUT2D eigenvalue weighted by Gasteiger charge is -2.34. The molecule has 140 valence electrons. The minimum atomic E-state index is 0.133. The van der Waals surface area contributed by atoms with Crippen LogP contribution in [0.4, 0.5) is 0 Å². The van der Waals surface area contributed by atoms with Crippen molar-refractivity contribution in [1.82, 2.24) is 14.5 Å². The highest BCUT2D eigenvalue weighted by molar-refractivity contribution is 7.10. The van der Waals surface area contributed by atoms with Crippen LogP contribution in [0.1, 0.15) is 29.5 Å². The SMILES string of the molecule is O=C(Cc1cccs1)N1Cc2cncn2C(COCC2CCOCC2)C1. The molecule has 0 N–H and O–H groups in total. The van der Waals surface area contributed by atoms with Crippen molar-refractivity contribution < 1.29 is 14.3 Å². The zero-order chi connectivity index (χ0) is 17.8. The summed E-state index contributed by atoms with van der Waals surface area (Å²) in [6.07, 6.45) is 6.34. The number of carbonyl (C=O) groups is 1. The molecule has 4 heterocycles. The van der Waals surface area contributed by atoms with Crippen LogP contribution in [0, 0.1) is 5.92 Å². The van der Waals surface area contributed by atoms with Crippen LogP contribution in [0.5, 0.6) is 0 Å². The second-order valence-corrected chi connectivity index (χ2v) is 8.10. The number of hydrogen-bond donors (Lipinski definition) is 0. The fraction of sp³-hybridized carbons (Fsp3) is 0.579. The molecule has 0 spiro atoms. The molecule has 0 aromatic carbocycles. The van der Waals surface area contributed by atoms with E-state index in [0.717, 1.165) is 43.2 Å². The minimum Gasteiger partial charge on any atom is -0.381 e. The highest BCUT2D eigenvalue weighted by Gasteiger charge is 2.28. The molecule has 2 aliphatic heterocycles. The van der Waals surface area contributed by atoms with E-state index in [1.54, 1.807) is 11.3 Å². The van der Waals surface area contributed by atoms with Gasteiger partial charge in [-0.15, -0.1) is 11.3 Å². The number of rotatable bonds is 6. The van der Waals surface area contributed by atoms with Crippen LogP contribution in [-0.2, 0) is 27.2 Å². The Kier molecular flexibility index (Phi) is 5.67. The molecule has 26 heavy (non-hydrogen) atoms. The number of imidazole rings is 1. The molecule has 2 aliphatic rings. The summed E-state index contributed by atoms with van der Waals surface area (Å²) in [7, 11) is 0. The molecule has 1 unspecified atom stereocenters. The van der Waals surface area contributed by atoms with Gasteiger partial charge in [-0.25, -0.2) is 4.98 Å². The lowest BCUT2D eigenvalue weighted by Crippen LogP contribution is -2.42. The Morgan fingerprint density at radius 2 is 2.23 bits per heavy atom. The van der Waals surface area contributed by atoms with Gasteiger partial charge in [0.15, 0.2) is 0 Å². The maximum absolute atomic E-state index is 12.7. The fourth-order valence-corrected chi connectivity index (χ4v) is 4.36. The average Bonchev–Trinajstić information content (AvgIpc) is 3.34. The van der Waals surface area contributed by atoms with Crippen LogP contribution in [0.3, 0.4) is 0 Å². The molecule has 0 aliphatic carbocycles. The van der Waals surface area contributed by atoms with Crippen molar-refractivity contribution >= 4 is 17.2 Å². The van der Waals surface area contributed by atoms with E-state index in [2.05, 4.69) is 9.55 Å². The van der Waals surface area contributed by atoms with E-state index in [4.69, 9.17) is 9.47 Å². The molecule has 6 nitrogen and oxygen atoms in total. The molecule has 1 saturated heterocycles. The Balaban J connectivity index is 1.35. The van der Waals surface area contributed by atoms with Gasteiger partial charge in [-0.1, -0.05) is 6.07 Å². The number of carbonyl (C=O) groups excluding carboxylic acids is 1. The maximum Gasteiger partial charge on any atom is 0.228 e. The molecule has 7 heteroatoms. The van der Waals surface area contributed by atoms with Crippen LogP contribution in [-0.4, -0.2) is 53.3 Å². The number of nitrogens with zero attached hydrogens (tertiary/aromatic N) is 3. The first-order chi connectivity index (χ1) is 12.8. The van der Waals surface area contributed by atoms with Crippen LogP contribution in [0.2, 0.25) is 0 Å². The van der Waals surface area contributed by atoms with Gasteiger partial charge in [-0.05, 0) is 30.2 Å². The van der Waals surface area contributed by atoms with E-state index < -0.39 is 0 Å². The first kappa shape index (κ1) is 17.7. The normalized spacial score (nSPS) is 20.9. The number of thiophene rings is 1. The van der Waals surface area contributed by atoms with Gasteiger partial charge in [-0.3, -0.25) is 4.79 Å². The largest absolute Gasteiger partial charge is 0.381 e. The van der Waals surface area contributed by atoms with Crippen molar-refractivity contribution in [3.05, 3.63) is 40.6 Å². The topological polar surface area (TPSA) is 56.6 Å². The predicted molar refractivity (Wildman–Crippen MR) is 99.1 cm³/mol. The molecular weight excluding hydrogens is 350 g/mol. The summed E-state index contributed by atoms with van der Waals surface area (Å²) in [5.41, 5.74) is 1.08. The van der Waals surface area contributed by atoms with Crippen LogP contribution in [0.15, 0.2) is 30.0 Å². The molecule has 4 rings (SSSR count).